The Hall–Kier alpha value is -4.32. The van der Waals surface area contributed by atoms with Crippen LogP contribution in [0.15, 0.2) is 91.3 Å². The number of hydrogen-bond donors (Lipinski definition) is 1. The van der Waals surface area contributed by atoms with Crippen molar-refractivity contribution in [1.29, 1.82) is 0 Å². The van der Waals surface area contributed by atoms with E-state index < -0.39 is 12.1 Å². The third-order valence-corrected chi connectivity index (χ3v) is 6.20. The molecular weight excluding hydrogens is 428 g/mol. The molecule has 1 heterocycles. The third kappa shape index (κ3) is 4.06. The lowest BCUT2D eigenvalue weighted by molar-refractivity contribution is 0.0696. The van der Waals surface area contributed by atoms with Gasteiger partial charge in [0.25, 0.3) is 0 Å². The fourth-order valence-corrected chi connectivity index (χ4v) is 4.58. The Morgan fingerprint density at radius 2 is 1.62 bits per heavy atom. The first kappa shape index (κ1) is 21.5. The molecule has 1 aliphatic carbocycles. The van der Waals surface area contributed by atoms with Gasteiger partial charge >= 0.3 is 12.1 Å². The van der Waals surface area contributed by atoms with Crippen molar-refractivity contribution in [1.82, 2.24) is 4.57 Å². The normalized spacial score (nSPS) is 12.1. The van der Waals surface area contributed by atoms with Gasteiger partial charge in [-0.3, -0.25) is 4.90 Å². The van der Waals surface area contributed by atoms with Gasteiger partial charge in [0.2, 0.25) is 0 Å². The van der Waals surface area contributed by atoms with Crippen LogP contribution >= 0.6 is 0 Å². The molecular formula is C28H24N2O4. The first-order chi connectivity index (χ1) is 16.5. The van der Waals surface area contributed by atoms with E-state index in [-0.39, 0.29) is 24.6 Å². The third-order valence-electron chi connectivity index (χ3n) is 6.20. The van der Waals surface area contributed by atoms with Gasteiger partial charge < -0.3 is 14.4 Å². The summed E-state index contributed by atoms with van der Waals surface area (Å²) in [5.74, 6) is -1.10. The topological polar surface area (TPSA) is 71.8 Å². The maximum atomic E-state index is 13.4. The average molecular weight is 453 g/mol. The van der Waals surface area contributed by atoms with Gasteiger partial charge in [0.15, 0.2) is 0 Å². The lowest BCUT2D eigenvalue weighted by Crippen LogP contribution is -2.32. The van der Waals surface area contributed by atoms with Crippen molar-refractivity contribution in [3.63, 3.8) is 0 Å². The number of carboxylic acids is 1. The summed E-state index contributed by atoms with van der Waals surface area (Å²) < 4.78 is 7.77. The molecule has 6 nitrogen and oxygen atoms in total. The molecule has 0 saturated carbocycles. The van der Waals surface area contributed by atoms with Crippen LogP contribution in [0.3, 0.4) is 0 Å². The molecule has 0 fully saturated rings. The number of nitrogens with zero attached hydrogens (tertiary/aromatic N) is 2. The number of carbonyl (C=O) groups is 2. The molecule has 1 aliphatic rings. The van der Waals surface area contributed by atoms with Crippen LogP contribution in [-0.2, 0) is 18.3 Å². The maximum Gasteiger partial charge on any atom is 0.414 e. The summed E-state index contributed by atoms with van der Waals surface area (Å²) in [6, 6.07) is 24.6. The summed E-state index contributed by atoms with van der Waals surface area (Å²) in [5.41, 5.74) is 6.10. The molecule has 0 unspecified atom stereocenters. The second-order valence-corrected chi connectivity index (χ2v) is 8.43. The molecule has 1 aromatic heterocycles. The Morgan fingerprint density at radius 3 is 2.24 bits per heavy atom. The summed E-state index contributed by atoms with van der Waals surface area (Å²) >= 11 is 0. The molecule has 5 rings (SSSR count). The van der Waals surface area contributed by atoms with Crippen molar-refractivity contribution in [2.24, 2.45) is 7.05 Å². The summed E-state index contributed by atoms with van der Waals surface area (Å²) in [7, 11) is 1.91. The molecule has 4 aromatic rings. The lowest BCUT2D eigenvalue weighted by Gasteiger charge is -2.24. The Labute approximate surface area is 197 Å². The first-order valence-electron chi connectivity index (χ1n) is 11.1. The predicted octanol–water partition coefficient (Wildman–Crippen LogP) is 5.68. The van der Waals surface area contributed by atoms with E-state index in [4.69, 9.17) is 4.74 Å². The van der Waals surface area contributed by atoms with E-state index in [1.807, 2.05) is 54.3 Å². The summed E-state index contributed by atoms with van der Waals surface area (Å²) in [5, 5.41) is 9.42. The van der Waals surface area contributed by atoms with Crippen molar-refractivity contribution in [3.05, 3.63) is 114 Å². The quantitative estimate of drug-likeness (QED) is 0.409. The molecule has 3 aromatic carbocycles. The largest absolute Gasteiger partial charge is 0.478 e. The number of carboxylic acid groups (broad SMARTS) is 1. The SMILES string of the molecule is Cn1ccc(CN(C(=O)OCC2c3ccccc3-c3ccccc32)c2cccc(C(=O)O)c2)c1. The van der Waals surface area contributed by atoms with Gasteiger partial charge in [-0.2, -0.15) is 0 Å². The van der Waals surface area contributed by atoms with Crippen molar-refractivity contribution < 1.29 is 19.4 Å². The number of rotatable bonds is 6. The maximum absolute atomic E-state index is 13.4. The first-order valence-corrected chi connectivity index (χ1v) is 11.1. The van der Waals surface area contributed by atoms with Crippen LogP contribution in [0.2, 0.25) is 0 Å². The molecule has 0 radical (unpaired) electrons. The van der Waals surface area contributed by atoms with Crippen LogP contribution < -0.4 is 4.90 Å². The van der Waals surface area contributed by atoms with Crippen molar-refractivity contribution in [2.75, 3.05) is 11.5 Å². The molecule has 6 heteroatoms. The highest BCUT2D eigenvalue weighted by Crippen LogP contribution is 2.44. The number of benzene rings is 3. The number of anilines is 1. The van der Waals surface area contributed by atoms with Crippen molar-refractivity contribution >= 4 is 17.7 Å². The van der Waals surface area contributed by atoms with Crippen LogP contribution in [0, 0.1) is 0 Å². The van der Waals surface area contributed by atoms with E-state index in [2.05, 4.69) is 24.3 Å². The van der Waals surface area contributed by atoms with Crippen LogP contribution in [0.4, 0.5) is 10.5 Å². The minimum atomic E-state index is -1.05. The zero-order valence-corrected chi connectivity index (χ0v) is 18.7. The number of amides is 1. The number of aryl methyl sites for hydroxylation is 1. The number of fused-ring (bicyclic) bond motifs is 3. The average Bonchev–Trinajstić information content (AvgIpc) is 3.41. The molecule has 0 spiro atoms. The summed E-state index contributed by atoms with van der Waals surface area (Å²) in [4.78, 5) is 26.3. The molecule has 34 heavy (non-hydrogen) atoms. The minimum absolute atomic E-state index is 0.0553. The smallest absolute Gasteiger partial charge is 0.414 e. The van der Waals surface area contributed by atoms with Gasteiger partial charge in [-0.05, 0) is 52.1 Å². The number of carbonyl (C=O) groups excluding carboxylic acids is 1. The van der Waals surface area contributed by atoms with Crippen LogP contribution in [0.5, 0.6) is 0 Å². The van der Waals surface area contributed by atoms with Crippen LogP contribution in [-0.4, -0.2) is 28.3 Å². The highest BCUT2D eigenvalue weighted by atomic mass is 16.6. The molecule has 0 bridgehead atoms. The zero-order valence-electron chi connectivity index (χ0n) is 18.7. The van der Waals surface area contributed by atoms with E-state index >= 15 is 0 Å². The molecule has 1 amide bonds. The Bertz CT molecular complexity index is 1330. The minimum Gasteiger partial charge on any atom is -0.478 e. The molecule has 0 saturated heterocycles. The fourth-order valence-electron chi connectivity index (χ4n) is 4.58. The van der Waals surface area contributed by atoms with Gasteiger partial charge in [-0.15, -0.1) is 0 Å². The fraction of sp³-hybridized carbons (Fsp3) is 0.143. The number of ether oxygens (including phenoxy) is 1. The van der Waals surface area contributed by atoms with Gasteiger partial charge in [-0.25, -0.2) is 9.59 Å². The van der Waals surface area contributed by atoms with Gasteiger partial charge in [0, 0.05) is 31.0 Å². The van der Waals surface area contributed by atoms with E-state index in [1.165, 1.54) is 17.0 Å². The Balaban J connectivity index is 1.42. The number of aromatic nitrogens is 1. The Kier molecular flexibility index (Phi) is 5.64. The molecule has 0 aliphatic heterocycles. The number of hydrogen-bond acceptors (Lipinski definition) is 3. The van der Waals surface area contributed by atoms with E-state index in [0.29, 0.717) is 5.69 Å². The molecule has 1 N–H and O–H groups in total. The zero-order chi connectivity index (χ0) is 23.7. The summed E-state index contributed by atoms with van der Waals surface area (Å²) in [6.45, 7) is 0.456. The Morgan fingerprint density at radius 1 is 0.941 bits per heavy atom. The van der Waals surface area contributed by atoms with Gasteiger partial charge in [-0.1, -0.05) is 54.6 Å². The van der Waals surface area contributed by atoms with E-state index in [0.717, 1.165) is 27.8 Å². The second-order valence-electron chi connectivity index (χ2n) is 8.43. The molecule has 170 valence electrons. The van der Waals surface area contributed by atoms with Crippen LogP contribution in [0.1, 0.15) is 33.0 Å². The highest BCUT2D eigenvalue weighted by molar-refractivity contribution is 5.92. The summed E-state index contributed by atoms with van der Waals surface area (Å²) in [6.07, 6.45) is 3.30. The number of aromatic carboxylic acids is 1. The predicted molar refractivity (Wildman–Crippen MR) is 130 cm³/mol. The monoisotopic (exact) mass is 452 g/mol. The van der Waals surface area contributed by atoms with Gasteiger partial charge in [0.05, 0.1) is 12.1 Å². The standard InChI is InChI=1S/C28H24N2O4/c1-29-14-13-19(16-29)17-30(21-8-6-7-20(15-21)27(31)32)28(33)34-18-26-24-11-4-2-9-22(24)23-10-3-5-12-25(23)26/h2-16,26H,17-18H2,1H3,(H,31,32). The van der Waals surface area contributed by atoms with Crippen molar-refractivity contribution in [3.8, 4) is 11.1 Å². The van der Waals surface area contributed by atoms with E-state index in [1.54, 1.807) is 12.1 Å². The molecule has 0 atom stereocenters. The van der Waals surface area contributed by atoms with E-state index in [9.17, 15) is 14.7 Å². The second kappa shape index (κ2) is 8.90. The highest BCUT2D eigenvalue weighted by Gasteiger charge is 2.30. The lowest BCUT2D eigenvalue weighted by atomic mass is 9.98. The van der Waals surface area contributed by atoms with Crippen molar-refractivity contribution in [2.45, 2.75) is 12.5 Å². The van der Waals surface area contributed by atoms with Crippen LogP contribution in [0.25, 0.3) is 11.1 Å². The van der Waals surface area contributed by atoms with Gasteiger partial charge in [0.1, 0.15) is 6.61 Å².